The third-order valence-corrected chi connectivity index (χ3v) is 3.40. The van der Waals surface area contributed by atoms with E-state index in [0.717, 1.165) is 0 Å². The zero-order valence-electron chi connectivity index (χ0n) is 11.9. The zero-order chi connectivity index (χ0) is 16.8. The van der Waals surface area contributed by atoms with Crippen molar-refractivity contribution in [2.24, 2.45) is 5.73 Å². The van der Waals surface area contributed by atoms with Gasteiger partial charge in [-0.15, -0.1) is 0 Å². The summed E-state index contributed by atoms with van der Waals surface area (Å²) in [5.74, 6) is -0.178. The second-order valence-electron chi connectivity index (χ2n) is 4.61. The molecule has 0 bridgehead atoms. The average molecular weight is 347 g/mol. The normalized spacial score (nSPS) is 10.9. The average Bonchev–Trinajstić information content (AvgIpc) is 2.52. The summed E-state index contributed by atoms with van der Waals surface area (Å²) >= 11 is 11.8. The van der Waals surface area contributed by atoms with Crippen LogP contribution in [0.25, 0.3) is 11.6 Å². The number of hydrogen-bond donors (Lipinski definition) is 1. The van der Waals surface area contributed by atoms with Gasteiger partial charge < -0.3 is 10.5 Å². The first kappa shape index (κ1) is 16.9. The number of nitriles is 1. The Hall–Kier alpha value is -2.48. The van der Waals surface area contributed by atoms with E-state index in [1.54, 1.807) is 48.5 Å². The van der Waals surface area contributed by atoms with Crippen molar-refractivity contribution in [1.29, 1.82) is 5.26 Å². The number of halogens is 2. The zero-order valence-corrected chi connectivity index (χ0v) is 13.4. The molecule has 0 saturated carbocycles. The maximum Gasteiger partial charge on any atom is 0.255 e. The fourth-order valence-corrected chi connectivity index (χ4v) is 2.18. The van der Waals surface area contributed by atoms with Crippen LogP contribution in [0.3, 0.4) is 0 Å². The second-order valence-corrected chi connectivity index (χ2v) is 5.49. The van der Waals surface area contributed by atoms with Crippen molar-refractivity contribution in [3.05, 3.63) is 63.6 Å². The van der Waals surface area contributed by atoms with Crippen LogP contribution in [0.15, 0.2) is 42.5 Å². The minimum Gasteiger partial charge on any atom is -0.483 e. The lowest BCUT2D eigenvalue weighted by molar-refractivity contribution is -0.119. The number of primary amides is 1. The smallest absolute Gasteiger partial charge is 0.255 e. The van der Waals surface area contributed by atoms with Crippen LogP contribution in [-0.2, 0) is 4.79 Å². The molecule has 0 aliphatic rings. The number of ether oxygens (including phenoxy) is 1. The van der Waals surface area contributed by atoms with E-state index in [1.807, 2.05) is 0 Å². The molecule has 0 spiro atoms. The molecule has 0 unspecified atom stereocenters. The summed E-state index contributed by atoms with van der Waals surface area (Å²) in [7, 11) is 0. The first-order valence-electron chi connectivity index (χ1n) is 6.58. The van der Waals surface area contributed by atoms with Gasteiger partial charge in [0.1, 0.15) is 5.75 Å². The van der Waals surface area contributed by atoms with Gasteiger partial charge in [-0.2, -0.15) is 5.26 Å². The van der Waals surface area contributed by atoms with Gasteiger partial charge in [-0.3, -0.25) is 4.79 Å². The lowest BCUT2D eigenvalue weighted by Gasteiger charge is -2.09. The summed E-state index contributed by atoms with van der Waals surface area (Å²) in [4.78, 5) is 10.9. The molecule has 2 aromatic rings. The number of rotatable bonds is 5. The largest absolute Gasteiger partial charge is 0.483 e. The van der Waals surface area contributed by atoms with Crippen molar-refractivity contribution in [2.75, 3.05) is 6.61 Å². The molecule has 0 saturated heterocycles. The van der Waals surface area contributed by atoms with Crippen LogP contribution in [0.1, 0.15) is 11.1 Å². The molecule has 116 valence electrons. The number of hydrogen-bond acceptors (Lipinski definition) is 3. The van der Waals surface area contributed by atoms with E-state index in [4.69, 9.17) is 33.7 Å². The number of benzene rings is 2. The van der Waals surface area contributed by atoms with Crippen molar-refractivity contribution in [3.8, 4) is 11.8 Å². The van der Waals surface area contributed by atoms with E-state index >= 15 is 0 Å². The molecule has 2 aromatic carbocycles. The third kappa shape index (κ3) is 4.75. The molecule has 0 radical (unpaired) electrons. The van der Waals surface area contributed by atoms with Gasteiger partial charge in [-0.25, -0.2) is 0 Å². The third-order valence-electron chi connectivity index (χ3n) is 2.92. The SMILES string of the molecule is N#C/C(=C\c1cc(Cl)ccc1OCC(N)=O)c1ccc(Cl)cc1. The Morgan fingerprint density at radius 3 is 2.43 bits per heavy atom. The molecule has 23 heavy (non-hydrogen) atoms. The fraction of sp³-hybridized carbons (Fsp3) is 0.0588. The van der Waals surface area contributed by atoms with Crippen LogP contribution in [-0.4, -0.2) is 12.5 Å². The van der Waals surface area contributed by atoms with Crippen LogP contribution in [0.2, 0.25) is 10.0 Å². The van der Waals surface area contributed by atoms with E-state index in [2.05, 4.69) is 6.07 Å². The molecule has 2 N–H and O–H groups in total. The Kier molecular flexibility index (Phi) is 5.64. The molecular weight excluding hydrogens is 335 g/mol. The van der Waals surface area contributed by atoms with Gasteiger partial charge in [0, 0.05) is 15.6 Å². The molecule has 0 aromatic heterocycles. The molecule has 0 fully saturated rings. The molecule has 0 aliphatic carbocycles. The Bertz CT molecular complexity index is 793. The second kappa shape index (κ2) is 7.68. The highest BCUT2D eigenvalue weighted by molar-refractivity contribution is 6.31. The molecule has 6 heteroatoms. The van der Waals surface area contributed by atoms with Gasteiger partial charge in [0.2, 0.25) is 0 Å². The summed E-state index contributed by atoms with van der Waals surface area (Å²) in [5.41, 5.74) is 6.77. The van der Waals surface area contributed by atoms with Gasteiger partial charge in [-0.05, 0) is 42.0 Å². The van der Waals surface area contributed by atoms with Crippen molar-refractivity contribution in [2.45, 2.75) is 0 Å². The van der Waals surface area contributed by atoms with Gasteiger partial charge >= 0.3 is 0 Å². The maximum atomic E-state index is 10.9. The van der Waals surface area contributed by atoms with Crippen LogP contribution < -0.4 is 10.5 Å². The molecule has 2 rings (SSSR count). The standard InChI is InChI=1S/C17H12Cl2N2O2/c18-14-3-1-11(2-4-14)13(9-20)7-12-8-15(19)5-6-16(12)23-10-17(21)22/h1-8H,10H2,(H2,21,22)/b13-7+. The van der Waals surface area contributed by atoms with Gasteiger partial charge in [-0.1, -0.05) is 35.3 Å². The van der Waals surface area contributed by atoms with E-state index in [9.17, 15) is 10.1 Å². The van der Waals surface area contributed by atoms with Crippen LogP contribution >= 0.6 is 23.2 Å². The van der Waals surface area contributed by atoms with E-state index in [0.29, 0.717) is 32.5 Å². The van der Waals surface area contributed by atoms with Crippen molar-refractivity contribution >= 4 is 40.8 Å². The van der Waals surface area contributed by atoms with Crippen molar-refractivity contribution in [1.82, 2.24) is 0 Å². The van der Waals surface area contributed by atoms with Crippen molar-refractivity contribution in [3.63, 3.8) is 0 Å². The summed E-state index contributed by atoms with van der Waals surface area (Å²) in [6.45, 7) is -0.259. The Morgan fingerprint density at radius 1 is 1.17 bits per heavy atom. The highest BCUT2D eigenvalue weighted by Crippen LogP contribution is 2.28. The molecule has 4 nitrogen and oxygen atoms in total. The summed E-state index contributed by atoms with van der Waals surface area (Å²) in [6, 6.07) is 13.9. The molecular formula is C17H12Cl2N2O2. The van der Waals surface area contributed by atoms with Gasteiger partial charge in [0.25, 0.3) is 5.91 Å². The minimum absolute atomic E-state index is 0.259. The number of allylic oxidation sites excluding steroid dienone is 1. The summed E-state index contributed by atoms with van der Waals surface area (Å²) in [6.07, 6.45) is 1.63. The Labute approximate surface area is 143 Å². The lowest BCUT2D eigenvalue weighted by atomic mass is 10.0. The van der Waals surface area contributed by atoms with Gasteiger partial charge in [0.05, 0.1) is 11.6 Å². The summed E-state index contributed by atoms with van der Waals surface area (Å²) < 4.78 is 5.35. The first-order chi connectivity index (χ1) is 11.0. The van der Waals surface area contributed by atoms with Crippen LogP contribution in [0, 0.1) is 11.3 Å². The fourth-order valence-electron chi connectivity index (χ4n) is 1.88. The molecule has 0 atom stereocenters. The maximum absolute atomic E-state index is 10.9. The first-order valence-corrected chi connectivity index (χ1v) is 7.33. The molecule has 1 amide bonds. The highest BCUT2D eigenvalue weighted by Gasteiger charge is 2.08. The molecule has 0 heterocycles. The van der Waals surface area contributed by atoms with Crippen molar-refractivity contribution < 1.29 is 9.53 Å². The van der Waals surface area contributed by atoms with Crippen LogP contribution in [0.4, 0.5) is 0 Å². The van der Waals surface area contributed by atoms with E-state index < -0.39 is 5.91 Å². The highest BCUT2D eigenvalue weighted by atomic mass is 35.5. The summed E-state index contributed by atoms with van der Waals surface area (Å²) in [5, 5.41) is 10.5. The predicted molar refractivity (Wildman–Crippen MR) is 91.1 cm³/mol. The van der Waals surface area contributed by atoms with Crippen LogP contribution in [0.5, 0.6) is 5.75 Å². The quantitative estimate of drug-likeness (QED) is 0.658. The monoisotopic (exact) mass is 346 g/mol. The van der Waals surface area contributed by atoms with Gasteiger partial charge in [0.15, 0.2) is 6.61 Å². The molecule has 0 aliphatic heterocycles. The van der Waals surface area contributed by atoms with E-state index in [-0.39, 0.29) is 6.61 Å². The predicted octanol–water partition coefficient (Wildman–Crippen LogP) is 3.92. The number of carbonyl (C=O) groups excluding carboxylic acids is 1. The Morgan fingerprint density at radius 2 is 1.83 bits per heavy atom. The minimum atomic E-state index is -0.590. The number of nitrogens with zero attached hydrogens (tertiary/aromatic N) is 1. The van der Waals surface area contributed by atoms with E-state index in [1.165, 1.54) is 0 Å². The topological polar surface area (TPSA) is 76.1 Å². The Balaban J connectivity index is 2.42. The lowest BCUT2D eigenvalue weighted by Crippen LogP contribution is -2.20. The number of amides is 1. The number of carbonyl (C=O) groups is 1. The number of nitrogens with two attached hydrogens (primary N) is 1.